The highest BCUT2D eigenvalue weighted by atomic mass is 16.5. The molecule has 6 heteroatoms. The lowest BCUT2D eigenvalue weighted by molar-refractivity contribution is -0.136. The number of amidine groups is 1. The molecule has 6 nitrogen and oxygen atoms in total. The normalized spacial score (nSPS) is 16.7. The van der Waals surface area contributed by atoms with Crippen molar-refractivity contribution in [1.82, 2.24) is 0 Å². The topological polar surface area (TPSA) is 98.0 Å². The van der Waals surface area contributed by atoms with Crippen LogP contribution in [-0.4, -0.2) is 24.0 Å². The minimum Gasteiger partial charge on any atom is -0.497 e. The van der Waals surface area contributed by atoms with Crippen LogP contribution >= 0.6 is 0 Å². The van der Waals surface area contributed by atoms with E-state index >= 15 is 0 Å². The van der Waals surface area contributed by atoms with E-state index in [0.717, 1.165) is 45.1 Å². The number of hydrogen-bond donors (Lipinski definition) is 2. The highest BCUT2D eigenvalue weighted by Gasteiger charge is 2.43. The molecule has 0 radical (unpaired) electrons. The van der Waals surface area contributed by atoms with Crippen molar-refractivity contribution in [3.63, 3.8) is 0 Å². The fourth-order valence-corrected chi connectivity index (χ4v) is 4.63. The van der Waals surface area contributed by atoms with Gasteiger partial charge >= 0.3 is 5.97 Å². The van der Waals surface area contributed by atoms with Crippen LogP contribution in [0.1, 0.15) is 33.6 Å². The molecule has 0 aliphatic carbocycles. The summed E-state index contributed by atoms with van der Waals surface area (Å²) in [6.07, 6.45) is -0.0799. The van der Waals surface area contributed by atoms with Gasteiger partial charge in [-0.15, -0.1) is 0 Å². The Kier molecular flexibility index (Phi) is 5.21. The molecular weight excluding hydrogens is 428 g/mol. The smallest absolute Gasteiger partial charge is 0.307 e. The molecule has 0 amide bonds. The first-order valence-corrected chi connectivity index (χ1v) is 10.9. The number of carboxylic acid groups (broad SMARTS) is 1. The quantitative estimate of drug-likeness (QED) is 0.434. The molecule has 3 N–H and O–H groups in total. The number of nitrogens with zero attached hydrogens (tertiary/aromatic N) is 1. The maximum atomic E-state index is 11.3. The van der Waals surface area contributed by atoms with Gasteiger partial charge in [0.05, 0.1) is 13.5 Å². The molecule has 0 saturated heterocycles. The second-order valence-electron chi connectivity index (χ2n) is 8.38. The van der Waals surface area contributed by atoms with Crippen LogP contribution in [-0.2, 0) is 16.8 Å². The van der Waals surface area contributed by atoms with Crippen LogP contribution in [0, 0.1) is 6.92 Å². The number of aliphatic carboxylic acids is 1. The van der Waals surface area contributed by atoms with E-state index in [4.69, 9.17) is 19.9 Å². The van der Waals surface area contributed by atoms with Gasteiger partial charge in [0, 0.05) is 11.1 Å². The Morgan fingerprint density at radius 1 is 1.03 bits per heavy atom. The Morgan fingerprint density at radius 2 is 1.82 bits per heavy atom. The average Bonchev–Trinajstić information content (AvgIpc) is 3.40. The van der Waals surface area contributed by atoms with Gasteiger partial charge < -0.3 is 20.0 Å². The Balaban J connectivity index is 1.74. The summed E-state index contributed by atoms with van der Waals surface area (Å²) in [6, 6.07) is 25.3. The van der Waals surface area contributed by atoms with E-state index in [-0.39, 0.29) is 6.42 Å². The van der Waals surface area contributed by atoms with E-state index in [1.54, 1.807) is 7.11 Å². The number of fused-ring (bicyclic) bond motifs is 1. The van der Waals surface area contributed by atoms with Crippen molar-refractivity contribution in [2.45, 2.75) is 18.9 Å². The molecule has 1 aliphatic heterocycles. The maximum absolute atomic E-state index is 11.3. The number of carboxylic acids is 1. The van der Waals surface area contributed by atoms with Crippen LogP contribution in [0.15, 0.2) is 88.3 Å². The van der Waals surface area contributed by atoms with E-state index < -0.39 is 11.5 Å². The van der Waals surface area contributed by atoms with Crippen LogP contribution in [0.2, 0.25) is 0 Å². The first-order valence-electron chi connectivity index (χ1n) is 10.9. The van der Waals surface area contributed by atoms with Crippen molar-refractivity contribution in [2.24, 2.45) is 10.7 Å². The number of methoxy groups -OCH3 is 1. The monoisotopic (exact) mass is 452 g/mol. The van der Waals surface area contributed by atoms with Crippen LogP contribution < -0.4 is 10.5 Å². The number of carbonyl (C=O) groups is 1. The third-order valence-corrected chi connectivity index (χ3v) is 6.21. The number of rotatable bonds is 6. The fraction of sp³-hybridized carbons (Fsp3) is 0.143. The standard InChI is InChI=1S/C28H24N2O4/c1-17-6-13-25(34-17)19-4-3-5-21(16-19)28(20-8-10-22(33-2)11-9-20)24-12-7-18(15-26(31)32)14-23(24)27(29)30-28/h3-14,16H,15H2,1-2H3,(H2,29,30)(H,31,32). The molecule has 2 heterocycles. The second-order valence-corrected chi connectivity index (χ2v) is 8.38. The summed E-state index contributed by atoms with van der Waals surface area (Å²) in [5.41, 5.74) is 10.7. The molecule has 0 fully saturated rings. The molecule has 5 rings (SSSR count). The van der Waals surface area contributed by atoms with E-state index in [9.17, 15) is 9.90 Å². The molecular formula is C28H24N2O4. The van der Waals surface area contributed by atoms with Crippen molar-refractivity contribution >= 4 is 11.8 Å². The van der Waals surface area contributed by atoms with E-state index in [0.29, 0.717) is 11.4 Å². The zero-order chi connectivity index (χ0) is 23.9. The third-order valence-electron chi connectivity index (χ3n) is 6.21. The minimum absolute atomic E-state index is 0.0799. The van der Waals surface area contributed by atoms with Gasteiger partial charge in [-0.3, -0.25) is 4.79 Å². The molecule has 3 aromatic carbocycles. The molecule has 1 atom stereocenters. The summed E-state index contributed by atoms with van der Waals surface area (Å²) >= 11 is 0. The Morgan fingerprint density at radius 3 is 2.50 bits per heavy atom. The second kappa shape index (κ2) is 8.23. The predicted octanol–water partition coefficient (Wildman–Crippen LogP) is 4.90. The number of furan rings is 1. The van der Waals surface area contributed by atoms with Crippen LogP contribution in [0.5, 0.6) is 5.75 Å². The molecule has 1 aliphatic rings. The van der Waals surface area contributed by atoms with Crippen molar-refractivity contribution < 1.29 is 19.1 Å². The van der Waals surface area contributed by atoms with E-state index in [2.05, 4.69) is 6.07 Å². The Bertz CT molecular complexity index is 1420. The lowest BCUT2D eigenvalue weighted by Crippen LogP contribution is -2.25. The summed E-state index contributed by atoms with van der Waals surface area (Å²) in [5, 5.41) is 9.25. The van der Waals surface area contributed by atoms with Crippen molar-refractivity contribution in [1.29, 1.82) is 0 Å². The molecule has 34 heavy (non-hydrogen) atoms. The lowest BCUT2D eigenvalue weighted by Gasteiger charge is -2.29. The van der Waals surface area contributed by atoms with Gasteiger partial charge in [-0.25, -0.2) is 4.99 Å². The number of nitrogens with two attached hydrogens (primary N) is 1. The summed E-state index contributed by atoms with van der Waals surface area (Å²) in [4.78, 5) is 16.3. The van der Waals surface area contributed by atoms with E-state index in [1.807, 2.05) is 79.7 Å². The van der Waals surface area contributed by atoms with Crippen LogP contribution in [0.3, 0.4) is 0 Å². The summed E-state index contributed by atoms with van der Waals surface area (Å²) < 4.78 is 11.2. The molecule has 0 spiro atoms. The molecule has 1 aromatic heterocycles. The maximum Gasteiger partial charge on any atom is 0.307 e. The third kappa shape index (κ3) is 3.53. The molecule has 0 saturated carbocycles. The van der Waals surface area contributed by atoms with Crippen molar-refractivity contribution in [2.75, 3.05) is 7.11 Å². The van der Waals surface area contributed by atoms with Crippen LogP contribution in [0.25, 0.3) is 11.3 Å². The highest BCUT2D eigenvalue weighted by molar-refractivity contribution is 6.03. The number of aryl methyl sites for hydroxylation is 1. The Hall–Kier alpha value is -4.32. The number of hydrogen-bond acceptors (Lipinski definition) is 5. The number of ether oxygens (including phenoxy) is 1. The average molecular weight is 453 g/mol. The van der Waals surface area contributed by atoms with Gasteiger partial charge in [-0.2, -0.15) is 0 Å². The van der Waals surface area contributed by atoms with E-state index in [1.165, 1.54) is 0 Å². The predicted molar refractivity (Wildman–Crippen MR) is 130 cm³/mol. The lowest BCUT2D eigenvalue weighted by atomic mass is 9.76. The number of benzene rings is 3. The zero-order valence-electron chi connectivity index (χ0n) is 18.9. The van der Waals surface area contributed by atoms with Gasteiger partial charge in [0.25, 0.3) is 0 Å². The first kappa shape index (κ1) is 21.5. The van der Waals surface area contributed by atoms with Crippen molar-refractivity contribution in [3.8, 4) is 17.1 Å². The van der Waals surface area contributed by atoms with Gasteiger partial charge in [-0.1, -0.05) is 42.5 Å². The van der Waals surface area contributed by atoms with Crippen molar-refractivity contribution in [3.05, 3.63) is 112 Å². The summed E-state index contributed by atoms with van der Waals surface area (Å²) in [6.45, 7) is 1.92. The fourth-order valence-electron chi connectivity index (χ4n) is 4.63. The molecule has 170 valence electrons. The minimum atomic E-state index is -0.898. The van der Waals surface area contributed by atoms with Gasteiger partial charge in [0.15, 0.2) is 0 Å². The molecule has 1 unspecified atom stereocenters. The summed E-state index contributed by atoms with van der Waals surface area (Å²) in [5.74, 6) is 1.83. The van der Waals surface area contributed by atoms with Gasteiger partial charge in [-0.05, 0) is 65.6 Å². The molecule has 4 aromatic rings. The van der Waals surface area contributed by atoms with Gasteiger partial charge in [0.1, 0.15) is 28.6 Å². The SMILES string of the molecule is COc1ccc(C2(c3cccc(-c4ccc(C)o4)c3)N=C(N)c3cc(CC(=O)O)ccc32)cc1. The number of aliphatic imine (C=N–C) groups is 1. The Labute approximate surface area is 197 Å². The molecule has 0 bridgehead atoms. The van der Waals surface area contributed by atoms with Crippen LogP contribution in [0.4, 0.5) is 0 Å². The zero-order valence-corrected chi connectivity index (χ0v) is 18.9. The first-order chi connectivity index (χ1) is 16.4. The van der Waals surface area contributed by atoms with Gasteiger partial charge in [0.2, 0.25) is 0 Å². The summed E-state index contributed by atoms with van der Waals surface area (Å²) in [7, 11) is 1.63. The highest BCUT2D eigenvalue weighted by Crippen LogP contribution is 2.47. The largest absolute Gasteiger partial charge is 0.497 e.